The SMILES string of the molecule is CSCC(C)(O)CNc1cc(C)nc(C)c1C#N. The fourth-order valence-electron chi connectivity index (χ4n) is 1.76. The van der Waals surface area contributed by atoms with Crippen LogP contribution in [0.2, 0.25) is 0 Å². The molecule has 1 unspecified atom stereocenters. The van der Waals surface area contributed by atoms with E-state index in [0.29, 0.717) is 23.6 Å². The number of aromatic nitrogens is 1. The number of pyridine rings is 1. The highest BCUT2D eigenvalue weighted by atomic mass is 32.2. The molecule has 0 amide bonds. The van der Waals surface area contributed by atoms with Gasteiger partial charge in [-0.25, -0.2) is 0 Å². The predicted octanol–water partition coefficient (Wildman–Crippen LogP) is 2.10. The summed E-state index contributed by atoms with van der Waals surface area (Å²) >= 11 is 1.59. The Kier molecular flexibility index (Phi) is 5.00. The molecule has 1 aromatic rings. The largest absolute Gasteiger partial charge is 0.387 e. The lowest BCUT2D eigenvalue weighted by Crippen LogP contribution is -2.36. The third-order valence-electron chi connectivity index (χ3n) is 2.56. The summed E-state index contributed by atoms with van der Waals surface area (Å²) in [6, 6.07) is 3.98. The van der Waals surface area contributed by atoms with Crippen LogP contribution in [0.1, 0.15) is 23.9 Å². The van der Waals surface area contributed by atoms with Gasteiger partial charge in [-0.1, -0.05) is 0 Å². The molecule has 0 aromatic carbocycles. The van der Waals surface area contributed by atoms with Crippen molar-refractivity contribution in [2.45, 2.75) is 26.4 Å². The third-order valence-corrected chi connectivity index (χ3v) is 3.47. The Morgan fingerprint density at radius 3 is 2.78 bits per heavy atom. The van der Waals surface area contributed by atoms with E-state index in [9.17, 15) is 5.11 Å². The van der Waals surface area contributed by atoms with Crippen LogP contribution in [0.5, 0.6) is 0 Å². The number of aliphatic hydroxyl groups is 1. The number of rotatable bonds is 5. The van der Waals surface area contributed by atoms with Crippen LogP contribution in [0.15, 0.2) is 6.07 Å². The predicted molar refractivity (Wildman–Crippen MR) is 75.9 cm³/mol. The van der Waals surface area contributed by atoms with Crippen molar-refractivity contribution in [3.63, 3.8) is 0 Å². The van der Waals surface area contributed by atoms with E-state index in [0.717, 1.165) is 11.4 Å². The minimum atomic E-state index is -0.794. The zero-order chi connectivity index (χ0) is 13.8. The zero-order valence-corrected chi connectivity index (χ0v) is 12.1. The van der Waals surface area contributed by atoms with Gasteiger partial charge >= 0.3 is 0 Å². The van der Waals surface area contributed by atoms with E-state index in [1.807, 2.05) is 26.2 Å². The Bertz CT molecular complexity index is 466. The molecule has 1 atom stereocenters. The fourth-order valence-corrected chi connectivity index (χ4v) is 2.48. The van der Waals surface area contributed by atoms with E-state index in [-0.39, 0.29) is 0 Å². The Balaban J connectivity index is 2.88. The lowest BCUT2D eigenvalue weighted by Gasteiger charge is -2.23. The molecule has 1 rings (SSSR count). The van der Waals surface area contributed by atoms with E-state index < -0.39 is 5.60 Å². The van der Waals surface area contributed by atoms with E-state index >= 15 is 0 Å². The summed E-state index contributed by atoms with van der Waals surface area (Å²) in [4.78, 5) is 4.26. The maximum atomic E-state index is 10.1. The molecule has 98 valence electrons. The second-order valence-corrected chi connectivity index (χ2v) is 5.53. The normalized spacial score (nSPS) is 13.8. The number of nitrogens with zero attached hydrogens (tertiary/aromatic N) is 2. The number of thioether (sulfide) groups is 1. The van der Waals surface area contributed by atoms with E-state index in [1.54, 1.807) is 18.7 Å². The van der Waals surface area contributed by atoms with Gasteiger partial charge in [-0.05, 0) is 33.1 Å². The second kappa shape index (κ2) is 6.07. The molecule has 0 saturated heterocycles. The molecule has 1 aromatic heterocycles. The van der Waals surface area contributed by atoms with Gasteiger partial charge in [0.1, 0.15) is 6.07 Å². The first kappa shape index (κ1) is 14.8. The highest BCUT2D eigenvalue weighted by molar-refractivity contribution is 7.98. The molecule has 18 heavy (non-hydrogen) atoms. The lowest BCUT2D eigenvalue weighted by molar-refractivity contribution is 0.0997. The van der Waals surface area contributed by atoms with Crippen LogP contribution >= 0.6 is 11.8 Å². The molecular weight excluding hydrogens is 246 g/mol. The number of hydrogen-bond acceptors (Lipinski definition) is 5. The quantitative estimate of drug-likeness (QED) is 0.853. The summed E-state index contributed by atoms with van der Waals surface area (Å²) in [5, 5.41) is 22.4. The van der Waals surface area contributed by atoms with Crippen LogP contribution in [-0.2, 0) is 0 Å². The fraction of sp³-hybridized carbons (Fsp3) is 0.538. The van der Waals surface area contributed by atoms with Crippen molar-refractivity contribution < 1.29 is 5.11 Å². The van der Waals surface area contributed by atoms with Crippen molar-refractivity contribution in [2.75, 3.05) is 23.9 Å². The molecule has 0 saturated carbocycles. The van der Waals surface area contributed by atoms with Crippen LogP contribution in [0.25, 0.3) is 0 Å². The number of aryl methyl sites for hydroxylation is 2. The van der Waals surface area contributed by atoms with Gasteiger partial charge in [0.2, 0.25) is 0 Å². The second-order valence-electron chi connectivity index (χ2n) is 4.67. The minimum Gasteiger partial charge on any atom is -0.387 e. The number of anilines is 1. The Morgan fingerprint density at radius 1 is 1.56 bits per heavy atom. The standard InChI is InChI=1S/C13H19N3OS/c1-9-5-12(11(6-14)10(2)16-9)15-7-13(3,17)8-18-4/h5,17H,7-8H2,1-4H3,(H,15,16). The highest BCUT2D eigenvalue weighted by Crippen LogP contribution is 2.20. The van der Waals surface area contributed by atoms with E-state index in [1.165, 1.54) is 0 Å². The molecule has 0 fully saturated rings. The Hall–Kier alpha value is -1.25. The van der Waals surface area contributed by atoms with Gasteiger partial charge in [-0.15, -0.1) is 0 Å². The average molecular weight is 265 g/mol. The van der Waals surface area contributed by atoms with Crippen molar-refractivity contribution in [2.24, 2.45) is 0 Å². The van der Waals surface area contributed by atoms with Gasteiger partial charge in [0, 0.05) is 18.0 Å². The van der Waals surface area contributed by atoms with Gasteiger partial charge in [0.15, 0.2) is 0 Å². The maximum Gasteiger partial charge on any atom is 0.103 e. The third kappa shape index (κ3) is 3.90. The highest BCUT2D eigenvalue weighted by Gasteiger charge is 2.20. The van der Waals surface area contributed by atoms with Crippen molar-refractivity contribution in [3.05, 3.63) is 23.0 Å². The van der Waals surface area contributed by atoms with E-state index in [4.69, 9.17) is 5.26 Å². The molecule has 0 spiro atoms. The Morgan fingerprint density at radius 2 is 2.22 bits per heavy atom. The van der Waals surface area contributed by atoms with Gasteiger partial charge in [0.05, 0.1) is 22.5 Å². The molecule has 1 heterocycles. The summed E-state index contributed by atoms with van der Waals surface area (Å²) in [5.41, 5.74) is 2.06. The molecule has 0 aliphatic heterocycles. The topological polar surface area (TPSA) is 68.9 Å². The maximum absolute atomic E-state index is 10.1. The number of hydrogen-bond donors (Lipinski definition) is 2. The Labute approximate surface area is 112 Å². The van der Waals surface area contributed by atoms with Gasteiger partial charge in [0.25, 0.3) is 0 Å². The molecule has 0 bridgehead atoms. The van der Waals surface area contributed by atoms with Gasteiger partial charge in [-0.3, -0.25) is 4.98 Å². The number of nitrogens with one attached hydrogen (secondary N) is 1. The first-order valence-electron chi connectivity index (χ1n) is 5.73. The summed E-state index contributed by atoms with van der Waals surface area (Å²) in [6.45, 7) is 5.89. The molecule has 4 nitrogen and oxygen atoms in total. The molecule has 5 heteroatoms. The summed E-state index contributed by atoms with van der Waals surface area (Å²) in [5.74, 6) is 0.644. The lowest BCUT2D eigenvalue weighted by atomic mass is 10.1. The molecule has 0 radical (unpaired) electrons. The van der Waals surface area contributed by atoms with Crippen molar-refractivity contribution in [3.8, 4) is 6.07 Å². The van der Waals surface area contributed by atoms with Crippen LogP contribution in [0, 0.1) is 25.2 Å². The smallest absolute Gasteiger partial charge is 0.103 e. The van der Waals surface area contributed by atoms with Crippen molar-refractivity contribution in [1.29, 1.82) is 5.26 Å². The monoisotopic (exact) mass is 265 g/mol. The molecule has 0 aliphatic rings. The minimum absolute atomic E-state index is 0.408. The number of nitriles is 1. The summed E-state index contributed by atoms with van der Waals surface area (Å²) < 4.78 is 0. The molecule has 0 aliphatic carbocycles. The van der Waals surface area contributed by atoms with Crippen LogP contribution < -0.4 is 5.32 Å². The molecule has 2 N–H and O–H groups in total. The first-order chi connectivity index (χ1) is 8.39. The average Bonchev–Trinajstić information content (AvgIpc) is 2.26. The zero-order valence-electron chi connectivity index (χ0n) is 11.2. The van der Waals surface area contributed by atoms with Crippen molar-refractivity contribution in [1.82, 2.24) is 4.98 Å². The summed E-state index contributed by atoms with van der Waals surface area (Å²) in [6.07, 6.45) is 1.95. The van der Waals surface area contributed by atoms with Crippen LogP contribution in [-0.4, -0.2) is 34.2 Å². The van der Waals surface area contributed by atoms with Gasteiger partial charge in [-0.2, -0.15) is 17.0 Å². The van der Waals surface area contributed by atoms with Crippen LogP contribution in [0.4, 0.5) is 5.69 Å². The molecular formula is C13H19N3OS. The summed E-state index contributed by atoms with van der Waals surface area (Å²) in [7, 11) is 0. The van der Waals surface area contributed by atoms with Crippen molar-refractivity contribution >= 4 is 17.4 Å². The van der Waals surface area contributed by atoms with Gasteiger partial charge < -0.3 is 10.4 Å². The van der Waals surface area contributed by atoms with E-state index in [2.05, 4.69) is 16.4 Å². The van der Waals surface area contributed by atoms with Crippen LogP contribution in [0.3, 0.4) is 0 Å². The first-order valence-corrected chi connectivity index (χ1v) is 7.12.